The lowest BCUT2D eigenvalue weighted by Crippen LogP contribution is -2.39. The molecule has 0 atom stereocenters. The first kappa shape index (κ1) is 17.7. The molecule has 5 heteroatoms. The van der Waals surface area contributed by atoms with Crippen LogP contribution >= 0.6 is 12.2 Å². The summed E-state index contributed by atoms with van der Waals surface area (Å²) in [7, 11) is 0. The average Bonchev–Trinajstić information content (AvgIpc) is 2.61. The maximum Gasteiger partial charge on any atom is 0.261 e. The van der Waals surface area contributed by atoms with Crippen LogP contribution < -0.4 is 15.4 Å². The van der Waals surface area contributed by atoms with E-state index in [-0.39, 0.29) is 11.0 Å². The van der Waals surface area contributed by atoms with E-state index in [1.165, 1.54) is 5.56 Å². The molecule has 0 fully saturated rings. The number of rotatable bonds is 7. The zero-order valence-corrected chi connectivity index (χ0v) is 14.1. The first-order valence-electron chi connectivity index (χ1n) is 7.66. The van der Waals surface area contributed by atoms with Gasteiger partial charge in [-0.2, -0.15) is 0 Å². The van der Waals surface area contributed by atoms with Gasteiger partial charge in [-0.3, -0.25) is 10.1 Å². The van der Waals surface area contributed by atoms with Crippen molar-refractivity contribution in [1.82, 2.24) is 10.6 Å². The molecule has 0 unspecified atom stereocenters. The SMILES string of the molecule is C=CCNC(=S)NC(=O)c1ccccc1OCCc1ccccc1. The fraction of sp³-hybridized carbons (Fsp3) is 0.158. The number of hydrogen-bond donors (Lipinski definition) is 2. The highest BCUT2D eigenvalue weighted by Crippen LogP contribution is 2.18. The van der Waals surface area contributed by atoms with Gasteiger partial charge in [0, 0.05) is 13.0 Å². The van der Waals surface area contributed by atoms with E-state index in [4.69, 9.17) is 17.0 Å². The quantitative estimate of drug-likeness (QED) is 0.601. The number of thiocarbonyl (C=S) groups is 1. The van der Waals surface area contributed by atoms with Crippen molar-refractivity contribution in [3.63, 3.8) is 0 Å². The second-order valence-electron chi connectivity index (χ2n) is 5.03. The van der Waals surface area contributed by atoms with Crippen molar-refractivity contribution in [2.75, 3.05) is 13.2 Å². The number of nitrogens with one attached hydrogen (secondary N) is 2. The molecule has 2 rings (SSSR count). The normalized spacial score (nSPS) is 9.83. The van der Waals surface area contributed by atoms with E-state index in [1.54, 1.807) is 24.3 Å². The van der Waals surface area contributed by atoms with Gasteiger partial charge in [-0.1, -0.05) is 48.5 Å². The summed E-state index contributed by atoms with van der Waals surface area (Å²) in [5.41, 5.74) is 1.64. The summed E-state index contributed by atoms with van der Waals surface area (Å²) in [6.07, 6.45) is 2.44. The lowest BCUT2D eigenvalue weighted by atomic mass is 10.1. The van der Waals surface area contributed by atoms with Crippen molar-refractivity contribution in [3.8, 4) is 5.75 Å². The summed E-state index contributed by atoms with van der Waals surface area (Å²) in [5, 5.41) is 5.75. The number of benzene rings is 2. The maximum absolute atomic E-state index is 12.3. The molecule has 2 aromatic rings. The molecule has 2 N–H and O–H groups in total. The summed E-state index contributed by atoms with van der Waals surface area (Å²) in [4.78, 5) is 12.3. The van der Waals surface area contributed by atoms with Gasteiger partial charge >= 0.3 is 0 Å². The van der Waals surface area contributed by atoms with Gasteiger partial charge in [0.15, 0.2) is 5.11 Å². The second kappa shape index (κ2) is 9.47. The molecule has 1 amide bonds. The van der Waals surface area contributed by atoms with Crippen LogP contribution in [-0.2, 0) is 6.42 Å². The lowest BCUT2D eigenvalue weighted by Gasteiger charge is -2.12. The predicted molar refractivity (Wildman–Crippen MR) is 100 cm³/mol. The number of carbonyl (C=O) groups is 1. The molecular weight excluding hydrogens is 320 g/mol. The molecule has 24 heavy (non-hydrogen) atoms. The van der Waals surface area contributed by atoms with Gasteiger partial charge in [0.25, 0.3) is 5.91 Å². The average molecular weight is 340 g/mol. The van der Waals surface area contributed by atoms with Crippen LogP contribution in [0.25, 0.3) is 0 Å². The van der Waals surface area contributed by atoms with Crippen molar-refractivity contribution in [1.29, 1.82) is 0 Å². The van der Waals surface area contributed by atoms with Gasteiger partial charge in [-0.05, 0) is 29.9 Å². The molecule has 2 aromatic carbocycles. The molecule has 124 valence electrons. The molecule has 0 aliphatic rings. The van der Waals surface area contributed by atoms with Crippen LogP contribution in [-0.4, -0.2) is 24.2 Å². The molecule has 0 saturated carbocycles. The predicted octanol–water partition coefficient (Wildman–Crippen LogP) is 3.10. The van der Waals surface area contributed by atoms with Crippen molar-refractivity contribution in [2.45, 2.75) is 6.42 Å². The van der Waals surface area contributed by atoms with E-state index in [2.05, 4.69) is 17.2 Å². The molecule has 0 spiro atoms. The Kier molecular flexibility index (Phi) is 6.98. The molecule has 0 aromatic heterocycles. The zero-order chi connectivity index (χ0) is 17.2. The summed E-state index contributed by atoms with van der Waals surface area (Å²) >= 11 is 5.06. The Labute approximate surface area is 147 Å². The number of para-hydroxylation sites is 1. The molecule has 0 radical (unpaired) electrons. The zero-order valence-electron chi connectivity index (χ0n) is 13.3. The monoisotopic (exact) mass is 340 g/mol. The fourth-order valence-corrected chi connectivity index (χ4v) is 2.26. The van der Waals surface area contributed by atoms with Crippen LogP contribution in [0.2, 0.25) is 0 Å². The minimum atomic E-state index is -0.299. The standard InChI is InChI=1S/C19H20N2O2S/c1-2-13-20-19(24)21-18(22)16-10-6-7-11-17(16)23-14-12-15-8-4-3-5-9-15/h2-11H,1,12-14H2,(H2,20,21,22,24). The van der Waals surface area contributed by atoms with Crippen LogP contribution in [0.1, 0.15) is 15.9 Å². The Morgan fingerprint density at radius 2 is 1.83 bits per heavy atom. The lowest BCUT2D eigenvalue weighted by molar-refractivity contribution is 0.0973. The number of hydrogen-bond acceptors (Lipinski definition) is 3. The highest BCUT2D eigenvalue weighted by atomic mass is 32.1. The molecule has 4 nitrogen and oxygen atoms in total. The van der Waals surface area contributed by atoms with E-state index < -0.39 is 0 Å². The van der Waals surface area contributed by atoms with Crippen LogP contribution in [0.5, 0.6) is 5.75 Å². The Hall–Kier alpha value is -2.66. The summed E-state index contributed by atoms with van der Waals surface area (Å²) in [6, 6.07) is 17.2. The van der Waals surface area contributed by atoms with E-state index in [1.807, 2.05) is 36.4 Å². The summed E-state index contributed by atoms with van der Waals surface area (Å²) < 4.78 is 5.78. The van der Waals surface area contributed by atoms with Crippen molar-refractivity contribution < 1.29 is 9.53 Å². The third-order valence-corrected chi connectivity index (χ3v) is 3.50. The van der Waals surface area contributed by atoms with Gasteiger partial charge in [0.2, 0.25) is 0 Å². The van der Waals surface area contributed by atoms with E-state index in [0.717, 1.165) is 6.42 Å². The van der Waals surface area contributed by atoms with Gasteiger partial charge < -0.3 is 10.1 Å². The molecule has 0 bridgehead atoms. The maximum atomic E-state index is 12.3. The van der Waals surface area contributed by atoms with Crippen molar-refractivity contribution in [2.24, 2.45) is 0 Å². The summed E-state index contributed by atoms with van der Waals surface area (Å²) in [5.74, 6) is 0.240. The number of ether oxygens (including phenoxy) is 1. The van der Waals surface area contributed by atoms with Crippen LogP contribution in [0.15, 0.2) is 67.3 Å². The van der Waals surface area contributed by atoms with E-state index >= 15 is 0 Å². The van der Waals surface area contributed by atoms with Gasteiger partial charge in [0.05, 0.1) is 12.2 Å². The third kappa shape index (κ3) is 5.52. The minimum Gasteiger partial charge on any atom is -0.492 e. The largest absolute Gasteiger partial charge is 0.492 e. The van der Waals surface area contributed by atoms with Crippen molar-refractivity contribution in [3.05, 3.63) is 78.4 Å². The Balaban J connectivity index is 1.95. The topological polar surface area (TPSA) is 50.4 Å². The third-order valence-electron chi connectivity index (χ3n) is 3.26. The molecular formula is C19H20N2O2S. The van der Waals surface area contributed by atoms with Crippen LogP contribution in [0.4, 0.5) is 0 Å². The van der Waals surface area contributed by atoms with Gasteiger partial charge in [0.1, 0.15) is 5.75 Å². The van der Waals surface area contributed by atoms with Crippen LogP contribution in [0, 0.1) is 0 Å². The smallest absolute Gasteiger partial charge is 0.261 e. The van der Waals surface area contributed by atoms with Crippen LogP contribution in [0.3, 0.4) is 0 Å². The molecule has 0 aliphatic heterocycles. The van der Waals surface area contributed by atoms with Gasteiger partial charge in [-0.25, -0.2) is 0 Å². The highest BCUT2D eigenvalue weighted by Gasteiger charge is 2.13. The Bertz CT molecular complexity index is 702. The molecule has 0 saturated heterocycles. The summed E-state index contributed by atoms with van der Waals surface area (Å²) in [6.45, 7) is 4.58. The minimum absolute atomic E-state index is 0.263. The number of amides is 1. The van der Waals surface area contributed by atoms with E-state index in [9.17, 15) is 4.79 Å². The molecule has 0 heterocycles. The second-order valence-corrected chi connectivity index (χ2v) is 5.44. The fourth-order valence-electron chi connectivity index (χ4n) is 2.08. The molecule has 0 aliphatic carbocycles. The van der Waals surface area contributed by atoms with Gasteiger partial charge in [-0.15, -0.1) is 6.58 Å². The first-order chi connectivity index (χ1) is 11.7. The Morgan fingerprint density at radius 1 is 1.12 bits per heavy atom. The highest BCUT2D eigenvalue weighted by molar-refractivity contribution is 7.80. The first-order valence-corrected chi connectivity index (χ1v) is 8.07. The van der Waals surface area contributed by atoms with Crippen molar-refractivity contribution >= 4 is 23.2 Å². The van der Waals surface area contributed by atoms with E-state index in [0.29, 0.717) is 24.5 Å². The Morgan fingerprint density at radius 3 is 2.58 bits per heavy atom. The number of carbonyl (C=O) groups excluding carboxylic acids is 1.